The van der Waals surface area contributed by atoms with Crippen LogP contribution in [0.25, 0.3) is 6.08 Å². The number of methoxy groups -OCH3 is 1. The zero-order valence-electron chi connectivity index (χ0n) is 16.4. The molecule has 4 nitrogen and oxygen atoms in total. The highest BCUT2D eigenvalue weighted by Crippen LogP contribution is 2.39. The van der Waals surface area contributed by atoms with Crippen LogP contribution >= 0.6 is 23.2 Å². The van der Waals surface area contributed by atoms with E-state index in [2.05, 4.69) is 0 Å². The van der Waals surface area contributed by atoms with Crippen LogP contribution < -0.4 is 14.2 Å². The van der Waals surface area contributed by atoms with Gasteiger partial charge in [-0.05, 0) is 55.0 Å². The molecule has 30 heavy (non-hydrogen) atoms. The maximum Gasteiger partial charge on any atom is 0.231 e. The fraction of sp³-hybridized carbons (Fsp3) is 0.125. The van der Waals surface area contributed by atoms with Gasteiger partial charge in [0.2, 0.25) is 5.78 Å². The Kier molecular flexibility index (Phi) is 5.71. The summed E-state index contributed by atoms with van der Waals surface area (Å²) in [7, 11) is 1.61. The molecule has 0 fully saturated rings. The Balaban J connectivity index is 1.55. The standard InChI is InChI=1S/C24H18Cl2O4/c1-14-21(29-13-16-5-6-17(25)12-20(16)26)10-9-19-23(27)22(30-24(14)19)11-15-3-7-18(28-2)8-4-15/h3-12H,13H2,1-2H3/b22-11-. The minimum Gasteiger partial charge on any atom is -0.497 e. The van der Waals surface area contributed by atoms with Gasteiger partial charge in [0.15, 0.2) is 5.76 Å². The molecule has 0 N–H and O–H groups in total. The van der Waals surface area contributed by atoms with Gasteiger partial charge in [0, 0.05) is 21.2 Å². The van der Waals surface area contributed by atoms with Crippen molar-refractivity contribution in [2.75, 3.05) is 7.11 Å². The van der Waals surface area contributed by atoms with Crippen LogP contribution in [0.2, 0.25) is 10.0 Å². The van der Waals surface area contributed by atoms with Crippen LogP contribution in [0.4, 0.5) is 0 Å². The lowest BCUT2D eigenvalue weighted by Gasteiger charge is -2.12. The number of hydrogen-bond donors (Lipinski definition) is 0. The second-order valence-corrected chi connectivity index (χ2v) is 7.65. The Labute approximate surface area is 184 Å². The Hall–Kier alpha value is -2.95. The number of benzene rings is 3. The maximum absolute atomic E-state index is 12.8. The van der Waals surface area contributed by atoms with Gasteiger partial charge in [-0.3, -0.25) is 4.79 Å². The van der Waals surface area contributed by atoms with Crippen molar-refractivity contribution in [2.24, 2.45) is 0 Å². The van der Waals surface area contributed by atoms with Crippen LogP contribution in [0, 0.1) is 6.92 Å². The first-order valence-electron chi connectivity index (χ1n) is 9.25. The van der Waals surface area contributed by atoms with Gasteiger partial charge in [0.25, 0.3) is 0 Å². The number of halogens is 2. The molecule has 0 aliphatic carbocycles. The van der Waals surface area contributed by atoms with E-state index in [4.69, 9.17) is 37.4 Å². The van der Waals surface area contributed by atoms with Gasteiger partial charge in [-0.2, -0.15) is 0 Å². The van der Waals surface area contributed by atoms with Crippen LogP contribution in [0.15, 0.2) is 60.4 Å². The fourth-order valence-corrected chi connectivity index (χ4v) is 3.63. The quantitative estimate of drug-likeness (QED) is 0.424. The van der Waals surface area contributed by atoms with Crippen LogP contribution in [0.3, 0.4) is 0 Å². The normalized spacial score (nSPS) is 13.9. The zero-order chi connectivity index (χ0) is 21.3. The summed E-state index contributed by atoms with van der Waals surface area (Å²) in [5.41, 5.74) is 2.93. The number of carbonyl (C=O) groups is 1. The largest absolute Gasteiger partial charge is 0.497 e. The average molecular weight is 441 g/mol. The van der Waals surface area contributed by atoms with Crippen molar-refractivity contribution >= 4 is 35.1 Å². The molecule has 1 aliphatic heterocycles. The predicted octanol–water partition coefficient (Wildman–Crippen LogP) is 6.51. The molecule has 0 aromatic heterocycles. The van der Waals surface area contributed by atoms with Gasteiger partial charge in [0.05, 0.1) is 12.7 Å². The van der Waals surface area contributed by atoms with E-state index in [0.717, 1.165) is 22.4 Å². The summed E-state index contributed by atoms with van der Waals surface area (Å²) < 4.78 is 17.0. The first-order valence-corrected chi connectivity index (χ1v) is 10.0. The molecule has 4 rings (SSSR count). The SMILES string of the molecule is COc1ccc(/C=C2\Oc3c(ccc(OCc4ccc(Cl)cc4Cl)c3C)C2=O)cc1. The zero-order valence-corrected chi connectivity index (χ0v) is 17.9. The van der Waals surface area contributed by atoms with E-state index in [1.54, 1.807) is 37.5 Å². The highest BCUT2D eigenvalue weighted by atomic mass is 35.5. The number of fused-ring (bicyclic) bond motifs is 1. The van der Waals surface area contributed by atoms with Crippen molar-refractivity contribution in [1.82, 2.24) is 0 Å². The Morgan fingerprint density at radius 3 is 2.50 bits per heavy atom. The minimum atomic E-state index is -0.156. The number of ether oxygens (including phenoxy) is 3. The summed E-state index contributed by atoms with van der Waals surface area (Å²) in [6.07, 6.45) is 1.72. The number of ketones is 1. The lowest BCUT2D eigenvalue weighted by molar-refractivity contribution is 0.101. The molecule has 0 saturated heterocycles. The first-order chi connectivity index (χ1) is 14.5. The number of carbonyl (C=O) groups excluding carboxylic acids is 1. The van der Waals surface area contributed by atoms with E-state index in [0.29, 0.717) is 27.1 Å². The summed E-state index contributed by atoms with van der Waals surface area (Å²) in [5.74, 6) is 2.00. The molecule has 6 heteroatoms. The highest BCUT2D eigenvalue weighted by Gasteiger charge is 2.30. The van der Waals surface area contributed by atoms with Gasteiger partial charge in [0.1, 0.15) is 23.9 Å². The molecule has 0 atom stereocenters. The minimum absolute atomic E-state index is 0.156. The topological polar surface area (TPSA) is 44.8 Å². The monoisotopic (exact) mass is 440 g/mol. The van der Waals surface area contributed by atoms with E-state index in [1.807, 2.05) is 37.3 Å². The lowest BCUT2D eigenvalue weighted by Crippen LogP contribution is -1.99. The van der Waals surface area contributed by atoms with Crippen molar-refractivity contribution < 1.29 is 19.0 Å². The molecule has 0 radical (unpaired) electrons. The molecule has 0 amide bonds. The van der Waals surface area contributed by atoms with Gasteiger partial charge in [-0.1, -0.05) is 41.4 Å². The second-order valence-electron chi connectivity index (χ2n) is 6.80. The van der Waals surface area contributed by atoms with Gasteiger partial charge >= 0.3 is 0 Å². The van der Waals surface area contributed by atoms with Crippen LogP contribution in [-0.2, 0) is 6.61 Å². The third kappa shape index (κ3) is 4.02. The van der Waals surface area contributed by atoms with Crippen molar-refractivity contribution in [3.63, 3.8) is 0 Å². The molecule has 1 aliphatic rings. The van der Waals surface area contributed by atoms with Crippen molar-refractivity contribution in [2.45, 2.75) is 13.5 Å². The van der Waals surface area contributed by atoms with Crippen LogP contribution in [0.1, 0.15) is 27.0 Å². The molecule has 0 unspecified atom stereocenters. The molecule has 0 bridgehead atoms. The van der Waals surface area contributed by atoms with Crippen molar-refractivity contribution in [1.29, 1.82) is 0 Å². The second kappa shape index (κ2) is 8.42. The van der Waals surface area contributed by atoms with E-state index in [1.165, 1.54) is 0 Å². The Morgan fingerprint density at radius 2 is 1.80 bits per heavy atom. The highest BCUT2D eigenvalue weighted by molar-refractivity contribution is 6.35. The summed E-state index contributed by atoms with van der Waals surface area (Å²) in [4.78, 5) is 12.8. The van der Waals surface area contributed by atoms with Gasteiger partial charge < -0.3 is 14.2 Å². The molecule has 3 aromatic carbocycles. The molecular weight excluding hydrogens is 423 g/mol. The summed E-state index contributed by atoms with van der Waals surface area (Å²) in [5, 5.41) is 1.11. The van der Waals surface area contributed by atoms with Crippen LogP contribution in [-0.4, -0.2) is 12.9 Å². The van der Waals surface area contributed by atoms with E-state index < -0.39 is 0 Å². The van der Waals surface area contributed by atoms with Gasteiger partial charge in [-0.25, -0.2) is 0 Å². The Morgan fingerprint density at radius 1 is 1.03 bits per heavy atom. The summed E-state index contributed by atoms with van der Waals surface area (Å²) in [6.45, 7) is 2.14. The van der Waals surface area contributed by atoms with Crippen LogP contribution in [0.5, 0.6) is 17.2 Å². The fourth-order valence-electron chi connectivity index (χ4n) is 3.17. The lowest BCUT2D eigenvalue weighted by atomic mass is 10.1. The van der Waals surface area contributed by atoms with E-state index in [9.17, 15) is 4.79 Å². The molecule has 152 valence electrons. The molecular formula is C24H18Cl2O4. The first kappa shape index (κ1) is 20.3. The predicted molar refractivity (Wildman–Crippen MR) is 118 cm³/mol. The number of rotatable bonds is 5. The summed E-state index contributed by atoms with van der Waals surface area (Å²) >= 11 is 12.2. The average Bonchev–Trinajstić information content (AvgIpc) is 3.05. The molecule has 1 heterocycles. The summed E-state index contributed by atoms with van der Waals surface area (Å²) in [6, 6.07) is 16.1. The number of hydrogen-bond acceptors (Lipinski definition) is 4. The van der Waals surface area contributed by atoms with Crippen molar-refractivity contribution in [3.05, 3.63) is 92.7 Å². The third-order valence-corrected chi connectivity index (χ3v) is 5.44. The van der Waals surface area contributed by atoms with Crippen molar-refractivity contribution in [3.8, 4) is 17.2 Å². The molecule has 0 spiro atoms. The Bertz CT molecular complexity index is 1150. The maximum atomic E-state index is 12.8. The van der Waals surface area contributed by atoms with E-state index in [-0.39, 0.29) is 18.1 Å². The molecule has 3 aromatic rings. The van der Waals surface area contributed by atoms with E-state index >= 15 is 0 Å². The number of Topliss-reactive ketones (excluding diaryl/α,β-unsaturated/α-hetero) is 1. The van der Waals surface area contributed by atoms with Gasteiger partial charge in [-0.15, -0.1) is 0 Å². The number of allylic oxidation sites excluding steroid dienone is 1. The molecule has 0 saturated carbocycles. The third-order valence-electron chi connectivity index (χ3n) is 4.85. The smallest absolute Gasteiger partial charge is 0.231 e.